The van der Waals surface area contributed by atoms with Gasteiger partial charge in [-0.25, -0.2) is 3.11 Å². The summed E-state index contributed by atoms with van der Waals surface area (Å²) in [7, 11) is 0. The molecule has 3 heteroatoms. The van der Waals surface area contributed by atoms with Gasteiger partial charge in [0.1, 0.15) is 0 Å². The van der Waals surface area contributed by atoms with Gasteiger partial charge in [0.2, 0.25) is 0 Å². The zero-order chi connectivity index (χ0) is 5.28. The fraction of sp³-hybridized carbons (Fsp3) is 0.750. The molecule has 1 fully saturated rings. The Morgan fingerprint density at radius 2 is 2.29 bits per heavy atom. The zero-order valence-corrected chi connectivity index (χ0v) is 5.92. The van der Waals surface area contributed by atoms with Crippen molar-refractivity contribution >= 4 is 22.9 Å². The SMILES string of the molecule is N#CC1CN(I)C1. The van der Waals surface area contributed by atoms with E-state index < -0.39 is 0 Å². The molecule has 0 atom stereocenters. The Hall–Kier alpha value is 0.180. The Balaban J connectivity index is 2.21. The maximum Gasteiger partial charge on any atom is 0.0733 e. The summed E-state index contributed by atoms with van der Waals surface area (Å²) in [6.45, 7) is 1.91. The first-order valence-corrected chi connectivity index (χ1v) is 3.10. The first-order chi connectivity index (χ1) is 3.33. The first kappa shape index (κ1) is 5.32. The Morgan fingerprint density at radius 1 is 1.71 bits per heavy atom. The summed E-state index contributed by atoms with van der Waals surface area (Å²) in [5, 5.41) is 8.22. The van der Waals surface area contributed by atoms with Crippen LogP contribution in [0.2, 0.25) is 0 Å². The van der Waals surface area contributed by atoms with Crippen molar-refractivity contribution in [3.8, 4) is 6.07 Å². The Bertz CT molecular complexity index is 101. The van der Waals surface area contributed by atoms with Crippen LogP contribution in [0.25, 0.3) is 0 Å². The molecule has 0 unspecified atom stereocenters. The highest BCUT2D eigenvalue weighted by Crippen LogP contribution is 2.17. The van der Waals surface area contributed by atoms with Gasteiger partial charge < -0.3 is 0 Å². The molecule has 38 valence electrons. The van der Waals surface area contributed by atoms with Crippen LogP contribution in [0.3, 0.4) is 0 Å². The first-order valence-electron chi connectivity index (χ1n) is 2.13. The van der Waals surface area contributed by atoms with Gasteiger partial charge in [-0.05, 0) is 0 Å². The molecule has 0 radical (unpaired) electrons. The van der Waals surface area contributed by atoms with Crippen LogP contribution in [0.1, 0.15) is 0 Å². The minimum atomic E-state index is 0.317. The van der Waals surface area contributed by atoms with E-state index >= 15 is 0 Å². The second kappa shape index (κ2) is 1.97. The highest BCUT2D eigenvalue weighted by atomic mass is 127. The molecule has 2 nitrogen and oxygen atoms in total. The van der Waals surface area contributed by atoms with E-state index in [0.29, 0.717) is 5.92 Å². The summed E-state index contributed by atoms with van der Waals surface area (Å²) in [5.41, 5.74) is 0. The Kier molecular flexibility index (Phi) is 1.50. The van der Waals surface area contributed by atoms with Gasteiger partial charge in [-0.15, -0.1) is 0 Å². The Labute approximate surface area is 56.6 Å². The van der Waals surface area contributed by atoms with Crippen LogP contribution in [-0.4, -0.2) is 16.2 Å². The third-order valence-electron chi connectivity index (χ3n) is 1.02. The Morgan fingerprint density at radius 3 is 2.43 bits per heavy atom. The van der Waals surface area contributed by atoms with Crippen molar-refractivity contribution in [3.63, 3.8) is 0 Å². The van der Waals surface area contributed by atoms with Gasteiger partial charge in [0.05, 0.1) is 12.0 Å². The number of hydrogen-bond acceptors (Lipinski definition) is 2. The van der Waals surface area contributed by atoms with Crippen LogP contribution in [0.5, 0.6) is 0 Å². The van der Waals surface area contributed by atoms with Crippen LogP contribution in [0.15, 0.2) is 0 Å². The number of nitriles is 1. The number of rotatable bonds is 0. The lowest BCUT2D eigenvalue weighted by molar-refractivity contribution is 0.301. The summed E-state index contributed by atoms with van der Waals surface area (Å²) in [6, 6.07) is 2.19. The topological polar surface area (TPSA) is 27.0 Å². The third kappa shape index (κ3) is 1.04. The van der Waals surface area contributed by atoms with Gasteiger partial charge >= 0.3 is 0 Å². The van der Waals surface area contributed by atoms with Crippen LogP contribution in [0.4, 0.5) is 0 Å². The normalized spacial score (nSPS) is 23.4. The van der Waals surface area contributed by atoms with E-state index in [1.54, 1.807) is 0 Å². The lowest BCUT2D eigenvalue weighted by atomic mass is 10.1. The molecule has 0 aromatic rings. The van der Waals surface area contributed by atoms with Gasteiger partial charge in [-0.3, -0.25) is 0 Å². The molecule has 7 heavy (non-hydrogen) atoms. The van der Waals surface area contributed by atoms with Crippen molar-refractivity contribution in [3.05, 3.63) is 0 Å². The highest BCUT2D eigenvalue weighted by molar-refractivity contribution is 14.1. The van der Waals surface area contributed by atoms with Gasteiger partial charge in [-0.1, -0.05) is 0 Å². The second-order valence-electron chi connectivity index (χ2n) is 1.65. The maximum absolute atomic E-state index is 8.22. The molecular weight excluding hydrogens is 203 g/mol. The van der Waals surface area contributed by atoms with Gasteiger partial charge in [0.15, 0.2) is 0 Å². The molecule has 1 rings (SSSR count). The predicted molar refractivity (Wildman–Crippen MR) is 34.7 cm³/mol. The lowest BCUT2D eigenvalue weighted by Gasteiger charge is -2.28. The summed E-state index contributed by atoms with van der Waals surface area (Å²) < 4.78 is 2.10. The average Bonchev–Trinajstić information content (AvgIpc) is 1.58. The summed E-state index contributed by atoms with van der Waals surface area (Å²) >= 11 is 2.21. The van der Waals surface area contributed by atoms with Crippen LogP contribution < -0.4 is 0 Å². The molecule has 1 aliphatic heterocycles. The molecule has 0 amide bonds. The highest BCUT2D eigenvalue weighted by Gasteiger charge is 2.23. The summed E-state index contributed by atoms with van der Waals surface area (Å²) in [6.07, 6.45) is 0. The van der Waals surface area contributed by atoms with E-state index in [2.05, 4.69) is 32.0 Å². The molecule has 0 N–H and O–H groups in total. The lowest BCUT2D eigenvalue weighted by Crippen LogP contribution is -2.38. The minimum absolute atomic E-state index is 0.317. The van der Waals surface area contributed by atoms with Gasteiger partial charge in [0, 0.05) is 36.0 Å². The van der Waals surface area contributed by atoms with E-state index in [-0.39, 0.29) is 0 Å². The van der Waals surface area contributed by atoms with E-state index in [4.69, 9.17) is 5.26 Å². The van der Waals surface area contributed by atoms with Crippen LogP contribution in [0, 0.1) is 17.2 Å². The average molecular weight is 208 g/mol. The smallest absolute Gasteiger partial charge is 0.0733 e. The van der Waals surface area contributed by atoms with Crippen molar-refractivity contribution in [2.24, 2.45) is 5.92 Å². The number of nitrogens with zero attached hydrogens (tertiary/aromatic N) is 2. The third-order valence-corrected chi connectivity index (χ3v) is 1.81. The molecule has 0 aliphatic carbocycles. The monoisotopic (exact) mass is 208 g/mol. The molecular formula is C4H5IN2. The number of hydrogen-bond donors (Lipinski definition) is 0. The molecule has 0 aromatic heterocycles. The van der Waals surface area contributed by atoms with Crippen molar-refractivity contribution in [2.75, 3.05) is 13.1 Å². The zero-order valence-electron chi connectivity index (χ0n) is 3.76. The van der Waals surface area contributed by atoms with Crippen molar-refractivity contribution in [1.29, 1.82) is 5.26 Å². The summed E-state index contributed by atoms with van der Waals surface area (Å²) in [4.78, 5) is 0. The second-order valence-corrected chi connectivity index (χ2v) is 3.02. The fourth-order valence-electron chi connectivity index (χ4n) is 0.506. The predicted octanol–water partition coefficient (Wildman–Crippen LogP) is 0.792. The molecule has 0 aromatic carbocycles. The molecule has 1 aliphatic rings. The molecule has 1 saturated heterocycles. The molecule has 0 bridgehead atoms. The fourth-order valence-corrected chi connectivity index (χ4v) is 1.46. The van der Waals surface area contributed by atoms with Gasteiger partial charge in [0.25, 0.3) is 0 Å². The quantitative estimate of drug-likeness (QED) is 0.434. The van der Waals surface area contributed by atoms with E-state index in [1.165, 1.54) is 0 Å². The van der Waals surface area contributed by atoms with Gasteiger partial charge in [-0.2, -0.15) is 5.26 Å². The molecule has 0 spiro atoms. The molecule has 0 saturated carbocycles. The van der Waals surface area contributed by atoms with E-state index in [1.807, 2.05) is 0 Å². The van der Waals surface area contributed by atoms with E-state index in [9.17, 15) is 0 Å². The van der Waals surface area contributed by atoms with Crippen molar-refractivity contribution in [2.45, 2.75) is 0 Å². The maximum atomic E-state index is 8.22. The molecule has 1 heterocycles. The van der Waals surface area contributed by atoms with Crippen molar-refractivity contribution in [1.82, 2.24) is 3.11 Å². The summed E-state index contributed by atoms with van der Waals surface area (Å²) in [5.74, 6) is 0.317. The standard InChI is InChI=1S/C4H5IN2/c5-7-2-4(1-6)3-7/h4H,2-3H2. The van der Waals surface area contributed by atoms with E-state index in [0.717, 1.165) is 13.1 Å². The minimum Gasteiger partial charge on any atom is -0.245 e. The number of halogens is 1. The largest absolute Gasteiger partial charge is 0.245 e. The van der Waals surface area contributed by atoms with Crippen LogP contribution >= 0.6 is 22.9 Å². The van der Waals surface area contributed by atoms with Crippen molar-refractivity contribution < 1.29 is 0 Å². The van der Waals surface area contributed by atoms with Crippen LogP contribution in [-0.2, 0) is 0 Å².